The summed E-state index contributed by atoms with van der Waals surface area (Å²) in [5.41, 5.74) is 6.82. The highest BCUT2D eigenvalue weighted by atomic mass is 16.6. The van der Waals surface area contributed by atoms with E-state index in [0.29, 0.717) is 42.7 Å². The van der Waals surface area contributed by atoms with Crippen LogP contribution in [-0.4, -0.2) is 32.8 Å². The largest absolute Gasteiger partial charge is 0.486 e. The standard InChI is InChI=1S/C12H16N2O4/c1-16-3-2-12(15)14-9-7-11-10(6-8(9)13)17-4-5-18-11/h6-7H,2-5,13H2,1H3,(H,14,15). The van der Waals surface area contributed by atoms with E-state index in [0.717, 1.165) is 0 Å². The predicted molar refractivity (Wildman–Crippen MR) is 67.0 cm³/mol. The van der Waals surface area contributed by atoms with E-state index < -0.39 is 0 Å². The number of rotatable bonds is 4. The van der Waals surface area contributed by atoms with E-state index in [4.69, 9.17) is 19.9 Å². The average molecular weight is 252 g/mol. The topological polar surface area (TPSA) is 82.8 Å². The van der Waals surface area contributed by atoms with E-state index in [9.17, 15) is 4.79 Å². The van der Waals surface area contributed by atoms with Crippen LogP contribution in [0.5, 0.6) is 11.5 Å². The molecule has 0 saturated carbocycles. The number of carbonyl (C=O) groups excluding carboxylic acids is 1. The van der Waals surface area contributed by atoms with E-state index in [1.165, 1.54) is 0 Å². The number of nitrogens with two attached hydrogens (primary N) is 1. The van der Waals surface area contributed by atoms with Gasteiger partial charge in [0, 0.05) is 19.2 Å². The first kappa shape index (κ1) is 12.5. The van der Waals surface area contributed by atoms with Crippen LogP contribution in [0.4, 0.5) is 11.4 Å². The van der Waals surface area contributed by atoms with Crippen molar-refractivity contribution in [1.29, 1.82) is 0 Å². The number of carbonyl (C=O) groups is 1. The van der Waals surface area contributed by atoms with Crippen LogP contribution in [0.2, 0.25) is 0 Å². The third kappa shape index (κ3) is 2.84. The highest BCUT2D eigenvalue weighted by molar-refractivity contribution is 5.94. The molecule has 98 valence electrons. The molecule has 1 aromatic carbocycles. The summed E-state index contributed by atoms with van der Waals surface area (Å²) in [6, 6.07) is 3.33. The molecule has 0 radical (unpaired) electrons. The highest BCUT2D eigenvalue weighted by Crippen LogP contribution is 2.36. The van der Waals surface area contributed by atoms with Gasteiger partial charge in [-0.2, -0.15) is 0 Å². The number of fused-ring (bicyclic) bond motifs is 1. The minimum Gasteiger partial charge on any atom is -0.486 e. The van der Waals surface area contributed by atoms with Crippen molar-refractivity contribution >= 4 is 17.3 Å². The molecule has 0 fully saturated rings. The summed E-state index contributed by atoms with van der Waals surface area (Å²) < 4.78 is 15.7. The zero-order chi connectivity index (χ0) is 13.0. The lowest BCUT2D eigenvalue weighted by Gasteiger charge is -2.20. The molecular weight excluding hydrogens is 236 g/mol. The van der Waals surface area contributed by atoms with Gasteiger partial charge < -0.3 is 25.3 Å². The lowest BCUT2D eigenvalue weighted by molar-refractivity contribution is -0.117. The molecule has 6 nitrogen and oxygen atoms in total. The molecule has 1 heterocycles. The number of hydrogen-bond acceptors (Lipinski definition) is 5. The molecule has 0 spiro atoms. The van der Waals surface area contributed by atoms with Crippen molar-refractivity contribution in [3.63, 3.8) is 0 Å². The molecule has 0 aromatic heterocycles. The Bertz CT molecular complexity index is 448. The van der Waals surface area contributed by atoms with Crippen molar-refractivity contribution in [2.24, 2.45) is 0 Å². The Hall–Kier alpha value is -1.95. The number of nitrogens with one attached hydrogen (secondary N) is 1. The highest BCUT2D eigenvalue weighted by Gasteiger charge is 2.15. The minimum atomic E-state index is -0.153. The van der Waals surface area contributed by atoms with Crippen LogP contribution in [0.15, 0.2) is 12.1 Å². The van der Waals surface area contributed by atoms with Gasteiger partial charge in [0.15, 0.2) is 11.5 Å². The monoisotopic (exact) mass is 252 g/mol. The second-order valence-electron chi connectivity index (χ2n) is 3.87. The van der Waals surface area contributed by atoms with Gasteiger partial charge in [-0.3, -0.25) is 4.79 Å². The Labute approximate surface area is 105 Å². The molecular formula is C12H16N2O4. The maximum absolute atomic E-state index is 11.6. The molecule has 0 bridgehead atoms. The summed E-state index contributed by atoms with van der Waals surface area (Å²) in [5.74, 6) is 1.05. The second-order valence-corrected chi connectivity index (χ2v) is 3.87. The van der Waals surface area contributed by atoms with E-state index in [1.54, 1.807) is 19.2 Å². The number of nitrogen functional groups attached to an aromatic ring is 1. The predicted octanol–water partition coefficient (Wildman–Crippen LogP) is 1.01. The van der Waals surface area contributed by atoms with Gasteiger partial charge in [0.2, 0.25) is 5.91 Å². The van der Waals surface area contributed by atoms with E-state index >= 15 is 0 Å². The van der Waals surface area contributed by atoms with Crippen LogP contribution in [0.25, 0.3) is 0 Å². The smallest absolute Gasteiger partial charge is 0.226 e. The number of ether oxygens (including phenoxy) is 3. The lowest BCUT2D eigenvalue weighted by Crippen LogP contribution is -2.18. The first-order valence-corrected chi connectivity index (χ1v) is 5.68. The van der Waals surface area contributed by atoms with Crippen LogP contribution in [0.1, 0.15) is 6.42 Å². The molecule has 0 aliphatic carbocycles. The fourth-order valence-corrected chi connectivity index (χ4v) is 1.62. The van der Waals surface area contributed by atoms with Gasteiger partial charge in [-0.15, -0.1) is 0 Å². The van der Waals surface area contributed by atoms with Gasteiger partial charge in [0.25, 0.3) is 0 Å². The maximum atomic E-state index is 11.6. The molecule has 0 saturated heterocycles. The number of methoxy groups -OCH3 is 1. The Morgan fingerprint density at radius 1 is 1.39 bits per heavy atom. The first-order valence-electron chi connectivity index (χ1n) is 5.68. The third-order valence-electron chi connectivity index (χ3n) is 2.52. The lowest BCUT2D eigenvalue weighted by atomic mass is 10.2. The third-order valence-corrected chi connectivity index (χ3v) is 2.52. The summed E-state index contributed by atoms with van der Waals surface area (Å²) in [6.07, 6.45) is 0.282. The summed E-state index contributed by atoms with van der Waals surface area (Å²) in [6.45, 7) is 1.37. The van der Waals surface area contributed by atoms with Crippen LogP contribution in [-0.2, 0) is 9.53 Å². The molecule has 3 N–H and O–H groups in total. The minimum absolute atomic E-state index is 0.153. The molecule has 1 aromatic rings. The van der Waals surface area contributed by atoms with Gasteiger partial charge >= 0.3 is 0 Å². The van der Waals surface area contributed by atoms with Crippen molar-refractivity contribution in [2.45, 2.75) is 6.42 Å². The van der Waals surface area contributed by atoms with Gasteiger partial charge in [-0.05, 0) is 0 Å². The first-order chi connectivity index (χ1) is 8.70. The number of amides is 1. The van der Waals surface area contributed by atoms with Crippen molar-refractivity contribution in [3.05, 3.63) is 12.1 Å². The molecule has 1 amide bonds. The van der Waals surface area contributed by atoms with Crippen LogP contribution in [0, 0.1) is 0 Å². The zero-order valence-corrected chi connectivity index (χ0v) is 10.2. The van der Waals surface area contributed by atoms with Crippen molar-refractivity contribution in [2.75, 3.05) is 38.0 Å². The SMILES string of the molecule is COCCC(=O)Nc1cc2c(cc1N)OCCO2. The van der Waals surface area contributed by atoms with Crippen molar-refractivity contribution in [3.8, 4) is 11.5 Å². The fourth-order valence-electron chi connectivity index (χ4n) is 1.62. The number of benzene rings is 1. The molecule has 6 heteroatoms. The van der Waals surface area contributed by atoms with Crippen molar-refractivity contribution in [1.82, 2.24) is 0 Å². The quantitative estimate of drug-likeness (QED) is 0.781. The van der Waals surface area contributed by atoms with Gasteiger partial charge in [-0.1, -0.05) is 0 Å². The summed E-state index contributed by atoms with van der Waals surface area (Å²) >= 11 is 0. The normalized spacial score (nSPS) is 13.2. The van der Waals surface area contributed by atoms with E-state index in [-0.39, 0.29) is 12.3 Å². The Balaban J connectivity index is 2.10. The summed E-state index contributed by atoms with van der Waals surface area (Å²) in [5, 5.41) is 2.72. The molecule has 18 heavy (non-hydrogen) atoms. The van der Waals surface area contributed by atoms with Crippen molar-refractivity contribution < 1.29 is 19.0 Å². The van der Waals surface area contributed by atoms with E-state index in [2.05, 4.69) is 5.32 Å². The van der Waals surface area contributed by atoms with Crippen LogP contribution in [0.3, 0.4) is 0 Å². The van der Waals surface area contributed by atoms with Gasteiger partial charge in [0.1, 0.15) is 13.2 Å². The molecule has 1 aliphatic rings. The second kappa shape index (κ2) is 5.59. The Morgan fingerprint density at radius 3 is 2.72 bits per heavy atom. The average Bonchev–Trinajstić information content (AvgIpc) is 2.37. The maximum Gasteiger partial charge on any atom is 0.226 e. The molecule has 1 aliphatic heterocycles. The number of hydrogen-bond donors (Lipinski definition) is 2. The van der Waals surface area contributed by atoms with Crippen LogP contribution < -0.4 is 20.5 Å². The summed E-state index contributed by atoms with van der Waals surface area (Å²) in [7, 11) is 1.55. The summed E-state index contributed by atoms with van der Waals surface area (Å²) in [4.78, 5) is 11.6. The fraction of sp³-hybridized carbons (Fsp3) is 0.417. The Kier molecular flexibility index (Phi) is 3.88. The molecule has 2 rings (SSSR count). The van der Waals surface area contributed by atoms with Gasteiger partial charge in [-0.25, -0.2) is 0 Å². The van der Waals surface area contributed by atoms with Gasteiger partial charge in [0.05, 0.1) is 24.4 Å². The number of anilines is 2. The Morgan fingerprint density at radius 2 is 2.06 bits per heavy atom. The van der Waals surface area contributed by atoms with Crippen LogP contribution >= 0.6 is 0 Å². The molecule has 0 unspecified atom stereocenters. The zero-order valence-electron chi connectivity index (χ0n) is 10.2. The van der Waals surface area contributed by atoms with E-state index in [1.807, 2.05) is 0 Å². The molecule has 0 atom stereocenters.